The summed E-state index contributed by atoms with van der Waals surface area (Å²) in [7, 11) is 2.10. The van der Waals surface area contributed by atoms with Crippen molar-refractivity contribution in [1.82, 2.24) is 4.98 Å². The van der Waals surface area contributed by atoms with E-state index >= 15 is 0 Å². The van der Waals surface area contributed by atoms with Crippen molar-refractivity contribution in [2.75, 3.05) is 18.5 Å². The van der Waals surface area contributed by atoms with Crippen LogP contribution in [0.5, 0.6) is 0 Å². The maximum absolute atomic E-state index is 11.8. The van der Waals surface area contributed by atoms with Gasteiger partial charge in [-0.25, -0.2) is 4.98 Å². The van der Waals surface area contributed by atoms with Crippen LogP contribution in [0.1, 0.15) is 41.6 Å². The number of hydrogen-bond donors (Lipinski definition) is 0. The van der Waals surface area contributed by atoms with Gasteiger partial charge in [-0.15, -0.1) is 0 Å². The molecular formula is C13H18N2OS. The highest BCUT2D eigenvalue weighted by Gasteiger charge is 2.34. The van der Waals surface area contributed by atoms with Crippen LogP contribution in [-0.2, 0) is 6.42 Å². The van der Waals surface area contributed by atoms with Crippen molar-refractivity contribution in [3.05, 3.63) is 10.6 Å². The van der Waals surface area contributed by atoms with E-state index in [0.29, 0.717) is 12.2 Å². The normalized spacial score (nSPS) is 26.8. The molecule has 1 heterocycles. The summed E-state index contributed by atoms with van der Waals surface area (Å²) >= 11 is 1.59. The maximum Gasteiger partial charge on any atom is 0.185 e. The van der Waals surface area contributed by atoms with Crippen LogP contribution in [0.15, 0.2) is 0 Å². The predicted molar refractivity (Wildman–Crippen MR) is 69.9 cm³/mol. The summed E-state index contributed by atoms with van der Waals surface area (Å²) in [4.78, 5) is 19.5. The summed E-state index contributed by atoms with van der Waals surface area (Å²) in [6.07, 6.45) is 4.00. The van der Waals surface area contributed by atoms with Crippen LogP contribution in [0.2, 0.25) is 0 Å². The van der Waals surface area contributed by atoms with Gasteiger partial charge in [0.2, 0.25) is 0 Å². The lowest BCUT2D eigenvalue weighted by Gasteiger charge is -2.14. The molecule has 2 aliphatic rings. The maximum atomic E-state index is 11.8. The smallest absolute Gasteiger partial charge is 0.185 e. The molecule has 92 valence electrons. The molecule has 1 fully saturated rings. The molecule has 17 heavy (non-hydrogen) atoms. The molecule has 0 N–H and O–H groups in total. The molecule has 1 aromatic rings. The molecule has 3 rings (SSSR count). The minimum absolute atomic E-state index is 0.295. The van der Waals surface area contributed by atoms with Crippen LogP contribution >= 0.6 is 11.3 Å². The molecule has 2 unspecified atom stereocenters. The van der Waals surface area contributed by atoms with E-state index in [4.69, 9.17) is 0 Å². The van der Waals surface area contributed by atoms with E-state index in [1.807, 2.05) is 0 Å². The number of nitrogens with zero attached hydrogens (tertiary/aromatic N) is 2. The lowest BCUT2D eigenvalue weighted by Crippen LogP contribution is -2.20. The third-order valence-electron chi connectivity index (χ3n) is 3.87. The van der Waals surface area contributed by atoms with Crippen molar-refractivity contribution in [2.24, 2.45) is 11.8 Å². The van der Waals surface area contributed by atoms with Gasteiger partial charge in [-0.1, -0.05) is 18.3 Å². The Hall–Kier alpha value is -0.900. The third kappa shape index (κ3) is 2.10. The zero-order valence-electron chi connectivity index (χ0n) is 10.4. The SMILES string of the molecule is CC1CC1CN(C)c1nc2c(s1)C(=O)CCC2. The monoisotopic (exact) mass is 250 g/mol. The molecule has 3 nitrogen and oxygen atoms in total. The van der Waals surface area contributed by atoms with Gasteiger partial charge in [-0.3, -0.25) is 4.79 Å². The first-order chi connectivity index (χ1) is 8.15. The lowest BCUT2D eigenvalue weighted by atomic mass is 10.0. The molecule has 0 bridgehead atoms. The average molecular weight is 250 g/mol. The highest BCUT2D eigenvalue weighted by atomic mass is 32.1. The predicted octanol–water partition coefficient (Wildman–Crippen LogP) is 2.75. The number of anilines is 1. The second-order valence-corrected chi connectivity index (χ2v) is 6.38. The molecule has 0 amide bonds. The summed E-state index contributed by atoms with van der Waals surface area (Å²) in [6.45, 7) is 3.39. The van der Waals surface area contributed by atoms with Crippen molar-refractivity contribution < 1.29 is 4.79 Å². The van der Waals surface area contributed by atoms with E-state index in [9.17, 15) is 4.79 Å². The van der Waals surface area contributed by atoms with Gasteiger partial charge in [-0.2, -0.15) is 0 Å². The Morgan fingerprint density at radius 1 is 1.47 bits per heavy atom. The standard InChI is InChI=1S/C13H18N2OS/c1-8-6-9(8)7-15(2)13-14-10-4-3-5-11(16)12(10)17-13/h8-9H,3-7H2,1-2H3. The molecule has 0 aromatic carbocycles. The number of aryl methyl sites for hydroxylation is 1. The summed E-state index contributed by atoms with van der Waals surface area (Å²) in [6, 6.07) is 0. The number of fused-ring (bicyclic) bond motifs is 1. The Bertz CT molecular complexity index is 454. The largest absolute Gasteiger partial charge is 0.351 e. The van der Waals surface area contributed by atoms with Crippen LogP contribution in [0.25, 0.3) is 0 Å². The molecule has 0 aliphatic heterocycles. The van der Waals surface area contributed by atoms with Gasteiger partial charge < -0.3 is 4.90 Å². The minimum atomic E-state index is 0.295. The molecule has 0 saturated heterocycles. The number of thiazole rings is 1. The first-order valence-electron chi connectivity index (χ1n) is 6.39. The summed E-state index contributed by atoms with van der Waals surface area (Å²) in [5.41, 5.74) is 1.04. The molecule has 1 aromatic heterocycles. The number of carbonyl (C=O) groups excluding carboxylic acids is 1. The van der Waals surface area contributed by atoms with E-state index < -0.39 is 0 Å². The molecular weight excluding hydrogens is 232 g/mol. The fourth-order valence-electron chi connectivity index (χ4n) is 2.50. The minimum Gasteiger partial charge on any atom is -0.351 e. The fraction of sp³-hybridized carbons (Fsp3) is 0.692. The number of ketones is 1. The van der Waals surface area contributed by atoms with Crippen LogP contribution in [0, 0.1) is 11.8 Å². The zero-order valence-corrected chi connectivity index (χ0v) is 11.2. The molecule has 0 spiro atoms. The quantitative estimate of drug-likeness (QED) is 0.827. The van der Waals surface area contributed by atoms with E-state index in [1.165, 1.54) is 6.42 Å². The van der Waals surface area contributed by atoms with Crippen molar-refractivity contribution >= 4 is 22.3 Å². The second-order valence-electron chi connectivity index (χ2n) is 5.40. The Labute approximate surface area is 106 Å². The topological polar surface area (TPSA) is 33.2 Å². The van der Waals surface area contributed by atoms with Gasteiger partial charge in [0.15, 0.2) is 10.9 Å². The molecule has 1 saturated carbocycles. The highest BCUT2D eigenvalue weighted by Crippen LogP contribution is 2.39. The first kappa shape index (κ1) is 11.2. The van der Waals surface area contributed by atoms with Gasteiger partial charge in [0.05, 0.1) is 10.6 Å². The van der Waals surface area contributed by atoms with Crippen molar-refractivity contribution in [3.8, 4) is 0 Å². The van der Waals surface area contributed by atoms with Crippen LogP contribution in [0.3, 0.4) is 0 Å². The Morgan fingerprint density at radius 3 is 2.88 bits per heavy atom. The first-order valence-corrected chi connectivity index (χ1v) is 7.21. The summed E-state index contributed by atoms with van der Waals surface area (Å²) in [5, 5.41) is 1.03. The third-order valence-corrected chi connectivity index (χ3v) is 5.12. The Morgan fingerprint density at radius 2 is 2.24 bits per heavy atom. The fourth-order valence-corrected chi connectivity index (χ4v) is 3.55. The van der Waals surface area contributed by atoms with Gasteiger partial charge in [0.25, 0.3) is 0 Å². The number of Topliss-reactive ketones (excluding diaryl/α,β-unsaturated/α-hetero) is 1. The number of rotatable bonds is 3. The molecule has 2 atom stereocenters. The van der Waals surface area contributed by atoms with Crippen LogP contribution < -0.4 is 4.90 Å². The van der Waals surface area contributed by atoms with Gasteiger partial charge in [0.1, 0.15) is 0 Å². The summed E-state index contributed by atoms with van der Waals surface area (Å²) in [5.74, 6) is 1.99. The van der Waals surface area contributed by atoms with Crippen molar-refractivity contribution in [3.63, 3.8) is 0 Å². The van der Waals surface area contributed by atoms with Crippen molar-refractivity contribution in [1.29, 1.82) is 0 Å². The van der Waals surface area contributed by atoms with Gasteiger partial charge >= 0.3 is 0 Å². The molecule has 4 heteroatoms. The Balaban J connectivity index is 1.76. The summed E-state index contributed by atoms with van der Waals surface area (Å²) < 4.78 is 0. The van der Waals surface area contributed by atoms with Gasteiger partial charge in [-0.05, 0) is 31.1 Å². The average Bonchev–Trinajstić information content (AvgIpc) is 2.81. The zero-order chi connectivity index (χ0) is 12.0. The van der Waals surface area contributed by atoms with Gasteiger partial charge in [0, 0.05) is 20.0 Å². The second kappa shape index (κ2) is 4.09. The van der Waals surface area contributed by atoms with E-state index in [2.05, 4.69) is 23.9 Å². The lowest BCUT2D eigenvalue weighted by molar-refractivity contribution is 0.0976. The highest BCUT2D eigenvalue weighted by molar-refractivity contribution is 7.17. The molecule has 2 aliphatic carbocycles. The van der Waals surface area contributed by atoms with E-state index in [1.54, 1.807) is 11.3 Å². The number of carbonyl (C=O) groups is 1. The van der Waals surface area contributed by atoms with Crippen LogP contribution in [-0.4, -0.2) is 24.4 Å². The molecule has 0 radical (unpaired) electrons. The van der Waals surface area contributed by atoms with E-state index in [0.717, 1.165) is 46.9 Å². The van der Waals surface area contributed by atoms with Crippen LogP contribution in [0.4, 0.5) is 5.13 Å². The Kier molecular flexibility index (Phi) is 2.69. The van der Waals surface area contributed by atoms with Crippen molar-refractivity contribution in [2.45, 2.75) is 32.6 Å². The number of aromatic nitrogens is 1. The number of hydrogen-bond acceptors (Lipinski definition) is 4. The van der Waals surface area contributed by atoms with E-state index in [-0.39, 0.29) is 0 Å².